The van der Waals surface area contributed by atoms with Crippen LogP contribution >= 0.6 is 38.9 Å². The molecule has 0 spiro atoms. The number of ether oxygens (including phenoxy) is 2. The Kier molecular flexibility index (Phi) is 5.59. The van der Waals surface area contributed by atoms with E-state index in [-0.39, 0.29) is 11.3 Å². The average molecular weight is 507 g/mol. The molecular weight excluding hydrogens is 494 g/mol. The molecule has 4 rings (SSSR count). The number of thiazole rings is 1. The third kappa shape index (κ3) is 3.96. The van der Waals surface area contributed by atoms with Gasteiger partial charge in [0.05, 0.1) is 16.1 Å². The van der Waals surface area contributed by atoms with Gasteiger partial charge in [-0.1, -0.05) is 35.1 Å². The molecular formula is C20H13BrClN3O4S. The van der Waals surface area contributed by atoms with Crippen molar-refractivity contribution in [2.45, 2.75) is 6.92 Å². The summed E-state index contributed by atoms with van der Waals surface area (Å²) in [6, 6.07) is 10.5. The maximum Gasteiger partial charge on any atom is 0.308 e. The highest BCUT2D eigenvalue weighted by molar-refractivity contribution is 9.10. The number of methoxy groups -OCH3 is 1. The molecule has 4 aromatic rings. The number of halogens is 2. The normalized spacial score (nSPS) is 11.8. The summed E-state index contributed by atoms with van der Waals surface area (Å²) < 4.78 is 12.7. The number of fused-ring (bicyclic) bond motifs is 1. The molecule has 2 aromatic carbocycles. The molecule has 0 radical (unpaired) electrons. The van der Waals surface area contributed by atoms with Gasteiger partial charge in [-0.05, 0) is 51.8 Å². The molecule has 0 bridgehead atoms. The largest absolute Gasteiger partial charge is 0.493 e. The van der Waals surface area contributed by atoms with Crippen molar-refractivity contribution in [1.29, 1.82) is 0 Å². The summed E-state index contributed by atoms with van der Waals surface area (Å²) in [6.45, 7) is 1.31. The highest BCUT2D eigenvalue weighted by atomic mass is 79.9. The zero-order chi connectivity index (χ0) is 21.4. The second kappa shape index (κ2) is 8.17. The first-order valence-corrected chi connectivity index (χ1v) is 10.6. The summed E-state index contributed by atoms with van der Waals surface area (Å²) >= 11 is 10.6. The van der Waals surface area contributed by atoms with Crippen LogP contribution in [0.1, 0.15) is 12.5 Å². The van der Waals surface area contributed by atoms with Crippen molar-refractivity contribution in [2.75, 3.05) is 7.11 Å². The molecule has 0 amide bonds. The first-order chi connectivity index (χ1) is 14.4. The van der Waals surface area contributed by atoms with Gasteiger partial charge < -0.3 is 9.47 Å². The lowest BCUT2D eigenvalue weighted by molar-refractivity contribution is -0.132. The third-order valence-electron chi connectivity index (χ3n) is 4.06. The predicted molar refractivity (Wildman–Crippen MR) is 118 cm³/mol. The van der Waals surface area contributed by atoms with Gasteiger partial charge in [-0.15, -0.1) is 5.10 Å². The lowest BCUT2D eigenvalue weighted by Gasteiger charge is -2.10. The molecule has 30 heavy (non-hydrogen) atoms. The van der Waals surface area contributed by atoms with Crippen LogP contribution < -0.4 is 19.6 Å². The molecule has 2 heterocycles. The fourth-order valence-corrected chi connectivity index (χ4v) is 4.44. The predicted octanol–water partition coefficient (Wildman–Crippen LogP) is 3.72. The monoisotopic (exact) mass is 505 g/mol. The summed E-state index contributed by atoms with van der Waals surface area (Å²) in [6.07, 6.45) is 1.70. The molecule has 0 aliphatic carbocycles. The van der Waals surface area contributed by atoms with Crippen molar-refractivity contribution >= 4 is 55.9 Å². The molecule has 152 valence electrons. The van der Waals surface area contributed by atoms with E-state index in [0.29, 0.717) is 36.1 Å². The number of esters is 1. The van der Waals surface area contributed by atoms with Crippen molar-refractivity contribution in [3.05, 3.63) is 66.3 Å². The Hall–Kier alpha value is -2.75. The summed E-state index contributed by atoms with van der Waals surface area (Å²) in [5, 5.41) is 4.89. The quantitative estimate of drug-likeness (QED) is 0.310. The van der Waals surface area contributed by atoms with Gasteiger partial charge in [-0.3, -0.25) is 9.59 Å². The van der Waals surface area contributed by atoms with E-state index in [9.17, 15) is 9.59 Å². The van der Waals surface area contributed by atoms with E-state index in [1.54, 1.807) is 36.4 Å². The molecule has 0 aliphatic heterocycles. The van der Waals surface area contributed by atoms with Crippen LogP contribution in [0.5, 0.6) is 11.5 Å². The SMILES string of the molecule is COc1cc(C=c2sc3nc(-c4cccc(Cl)c4)nn3c2=O)cc(Br)c1OC(C)=O. The highest BCUT2D eigenvalue weighted by Crippen LogP contribution is 2.37. The molecule has 7 nitrogen and oxygen atoms in total. The lowest BCUT2D eigenvalue weighted by Crippen LogP contribution is -2.23. The molecule has 0 fully saturated rings. The van der Waals surface area contributed by atoms with Crippen molar-refractivity contribution in [2.24, 2.45) is 0 Å². The number of hydrogen-bond acceptors (Lipinski definition) is 7. The average Bonchev–Trinajstić information content (AvgIpc) is 3.23. The Morgan fingerprint density at radius 2 is 2.10 bits per heavy atom. The van der Waals surface area contributed by atoms with Crippen molar-refractivity contribution < 1.29 is 14.3 Å². The molecule has 0 N–H and O–H groups in total. The van der Waals surface area contributed by atoms with E-state index in [1.165, 1.54) is 29.9 Å². The van der Waals surface area contributed by atoms with E-state index in [0.717, 1.165) is 5.56 Å². The molecule has 0 saturated heterocycles. The van der Waals surface area contributed by atoms with Gasteiger partial charge in [-0.2, -0.15) is 9.50 Å². The van der Waals surface area contributed by atoms with Gasteiger partial charge in [0.1, 0.15) is 0 Å². The van der Waals surface area contributed by atoms with Crippen LogP contribution in [0.4, 0.5) is 0 Å². The minimum Gasteiger partial charge on any atom is -0.493 e. The molecule has 0 unspecified atom stereocenters. The van der Waals surface area contributed by atoms with Crippen LogP contribution in [0, 0.1) is 0 Å². The second-order valence-corrected chi connectivity index (χ2v) is 8.48. The van der Waals surface area contributed by atoms with Crippen LogP contribution in [0.15, 0.2) is 45.7 Å². The van der Waals surface area contributed by atoms with E-state index < -0.39 is 5.97 Å². The van der Waals surface area contributed by atoms with Crippen LogP contribution in [-0.2, 0) is 4.79 Å². The number of carbonyl (C=O) groups excluding carboxylic acids is 1. The van der Waals surface area contributed by atoms with Crippen LogP contribution in [0.2, 0.25) is 5.02 Å². The zero-order valence-corrected chi connectivity index (χ0v) is 18.8. The summed E-state index contributed by atoms with van der Waals surface area (Å²) in [5.41, 5.74) is 1.14. The molecule has 0 atom stereocenters. The van der Waals surface area contributed by atoms with Crippen molar-refractivity contribution in [1.82, 2.24) is 14.6 Å². The fraction of sp³-hybridized carbons (Fsp3) is 0.100. The van der Waals surface area contributed by atoms with E-state index in [1.807, 2.05) is 6.07 Å². The van der Waals surface area contributed by atoms with Crippen LogP contribution in [0.25, 0.3) is 22.4 Å². The lowest BCUT2D eigenvalue weighted by atomic mass is 10.2. The zero-order valence-electron chi connectivity index (χ0n) is 15.7. The standard InChI is InChI=1S/C20H13BrClN3O4S/c1-10(26)29-17-14(21)6-11(7-15(17)28-2)8-16-19(27)25-20(30-16)23-18(24-25)12-4-3-5-13(22)9-12/h3-9H,1-2H3. The molecule has 2 aromatic heterocycles. The number of nitrogens with zero attached hydrogens (tertiary/aromatic N) is 3. The highest BCUT2D eigenvalue weighted by Gasteiger charge is 2.15. The molecule has 10 heteroatoms. The van der Waals surface area contributed by atoms with Crippen LogP contribution in [0.3, 0.4) is 0 Å². The Balaban J connectivity index is 1.77. The minimum absolute atomic E-state index is 0.276. The Bertz CT molecular complexity index is 1400. The summed E-state index contributed by atoms with van der Waals surface area (Å²) in [5.74, 6) is 0.607. The number of aromatic nitrogens is 3. The van der Waals surface area contributed by atoms with Gasteiger partial charge in [0.25, 0.3) is 5.56 Å². The Labute approximate surface area is 187 Å². The molecule has 0 saturated carbocycles. The van der Waals surface area contributed by atoms with E-state index in [4.69, 9.17) is 21.1 Å². The topological polar surface area (TPSA) is 82.8 Å². The second-order valence-electron chi connectivity index (χ2n) is 6.18. The number of hydrogen-bond donors (Lipinski definition) is 0. The third-order valence-corrected chi connectivity index (χ3v) is 5.84. The van der Waals surface area contributed by atoms with Gasteiger partial charge >= 0.3 is 5.97 Å². The van der Waals surface area contributed by atoms with E-state index >= 15 is 0 Å². The number of carbonyl (C=O) groups is 1. The van der Waals surface area contributed by atoms with Crippen LogP contribution in [-0.4, -0.2) is 27.7 Å². The summed E-state index contributed by atoms with van der Waals surface area (Å²) in [7, 11) is 1.47. The first-order valence-electron chi connectivity index (χ1n) is 8.59. The fourth-order valence-electron chi connectivity index (χ4n) is 2.80. The van der Waals surface area contributed by atoms with Gasteiger partial charge in [0.2, 0.25) is 4.96 Å². The number of rotatable bonds is 4. The van der Waals surface area contributed by atoms with Gasteiger partial charge in [-0.25, -0.2) is 0 Å². The van der Waals surface area contributed by atoms with E-state index in [2.05, 4.69) is 26.0 Å². The Morgan fingerprint density at radius 3 is 2.77 bits per heavy atom. The minimum atomic E-state index is -0.464. The van der Waals surface area contributed by atoms with Crippen molar-refractivity contribution in [3.63, 3.8) is 0 Å². The smallest absolute Gasteiger partial charge is 0.308 e. The first kappa shape index (κ1) is 20.5. The number of benzene rings is 2. The molecule has 0 aliphatic rings. The van der Waals surface area contributed by atoms with Gasteiger partial charge in [0, 0.05) is 17.5 Å². The summed E-state index contributed by atoms with van der Waals surface area (Å²) in [4.78, 5) is 29.0. The Morgan fingerprint density at radius 1 is 1.30 bits per heavy atom. The van der Waals surface area contributed by atoms with Gasteiger partial charge in [0.15, 0.2) is 17.3 Å². The van der Waals surface area contributed by atoms with Crippen molar-refractivity contribution in [3.8, 4) is 22.9 Å². The maximum atomic E-state index is 12.8. The maximum absolute atomic E-state index is 12.8.